The number of methoxy groups -OCH3 is 1. The van der Waals surface area contributed by atoms with Gasteiger partial charge in [-0.15, -0.1) is 0 Å². The summed E-state index contributed by atoms with van der Waals surface area (Å²) in [6, 6.07) is 3.15. The maximum Gasteiger partial charge on any atom is 0.328 e. The van der Waals surface area contributed by atoms with Crippen molar-refractivity contribution in [2.24, 2.45) is 5.92 Å². The lowest BCUT2D eigenvalue weighted by atomic mass is 10.0. The number of carbonyl (C=O) groups excluding carboxylic acids is 2. The molecule has 1 heterocycles. The van der Waals surface area contributed by atoms with Crippen LogP contribution in [0.15, 0.2) is 18.3 Å². The van der Waals surface area contributed by atoms with Gasteiger partial charge in [0.1, 0.15) is 11.7 Å². The number of aromatic nitrogens is 1. The fourth-order valence-electron chi connectivity index (χ4n) is 2.10. The third-order valence-corrected chi connectivity index (χ3v) is 3.07. The van der Waals surface area contributed by atoms with Crippen LogP contribution in [0.2, 0.25) is 0 Å². The number of nitrogens with one attached hydrogen (secondary N) is 1. The minimum Gasteiger partial charge on any atom is -0.467 e. The predicted octanol–water partition coefficient (Wildman–Crippen LogP) is 2.39. The van der Waals surface area contributed by atoms with Gasteiger partial charge >= 0.3 is 5.97 Å². The Labute approximate surface area is 120 Å². The highest BCUT2D eigenvalue weighted by Gasteiger charge is 2.24. The van der Waals surface area contributed by atoms with Crippen LogP contribution in [0.4, 0.5) is 0 Å². The van der Waals surface area contributed by atoms with Crippen LogP contribution in [0.1, 0.15) is 50.6 Å². The van der Waals surface area contributed by atoms with E-state index >= 15 is 0 Å². The van der Waals surface area contributed by atoms with Gasteiger partial charge in [0.25, 0.3) is 5.91 Å². The van der Waals surface area contributed by atoms with Gasteiger partial charge in [-0.1, -0.05) is 13.8 Å². The molecule has 1 unspecified atom stereocenters. The molecule has 1 N–H and O–H groups in total. The molecule has 112 valence electrons. The van der Waals surface area contributed by atoms with E-state index in [0.29, 0.717) is 12.1 Å². The highest BCUT2D eigenvalue weighted by Crippen LogP contribution is 2.12. The molecular weight excluding hydrogens is 256 g/mol. The molecule has 0 bridgehead atoms. The van der Waals surface area contributed by atoms with E-state index < -0.39 is 12.0 Å². The molecule has 0 aromatic carbocycles. The zero-order valence-corrected chi connectivity index (χ0v) is 12.8. The van der Waals surface area contributed by atoms with Gasteiger partial charge in [-0.25, -0.2) is 4.79 Å². The standard InChI is InChI=1S/C15H24N2O3/c1-10(2)9-12(15(19)20-5)16-14(18)13-7-6-8-17(13)11(3)4/h6-8,10-12H,9H2,1-5H3,(H,16,18). The second-order valence-corrected chi connectivity index (χ2v) is 5.57. The number of rotatable bonds is 6. The Bertz CT molecular complexity index is 463. The van der Waals surface area contributed by atoms with Crippen molar-refractivity contribution in [3.8, 4) is 0 Å². The molecular formula is C15H24N2O3. The molecule has 20 heavy (non-hydrogen) atoms. The van der Waals surface area contributed by atoms with Gasteiger partial charge in [-0.2, -0.15) is 0 Å². The normalized spacial score (nSPS) is 12.6. The number of hydrogen-bond acceptors (Lipinski definition) is 3. The maximum atomic E-state index is 12.3. The first-order chi connectivity index (χ1) is 9.36. The smallest absolute Gasteiger partial charge is 0.328 e. The number of carbonyl (C=O) groups is 2. The first-order valence-electron chi connectivity index (χ1n) is 6.92. The van der Waals surface area contributed by atoms with Crippen LogP contribution >= 0.6 is 0 Å². The Morgan fingerprint density at radius 3 is 2.45 bits per heavy atom. The number of esters is 1. The molecule has 0 aliphatic rings. The molecule has 0 aliphatic carbocycles. The van der Waals surface area contributed by atoms with Crippen molar-refractivity contribution in [1.29, 1.82) is 0 Å². The van der Waals surface area contributed by atoms with Crippen molar-refractivity contribution in [2.75, 3.05) is 7.11 Å². The summed E-state index contributed by atoms with van der Waals surface area (Å²) in [6.45, 7) is 8.00. The van der Waals surface area contributed by atoms with Gasteiger partial charge < -0.3 is 14.6 Å². The Morgan fingerprint density at radius 1 is 1.30 bits per heavy atom. The summed E-state index contributed by atoms with van der Waals surface area (Å²) in [6.07, 6.45) is 2.41. The minimum atomic E-state index is -0.608. The zero-order valence-electron chi connectivity index (χ0n) is 12.8. The van der Waals surface area contributed by atoms with E-state index in [1.54, 1.807) is 6.07 Å². The Kier molecular flexibility index (Phi) is 5.80. The second-order valence-electron chi connectivity index (χ2n) is 5.57. The van der Waals surface area contributed by atoms with Crippen molar-refractivity contribution in [1.82, 2.24) is 9.88 Å². The molecule has 1 aromatic rings. The summed E-state index contributed by atoms with van der Waals surface area (Å²) in [5.74, 6) is -0.370. The first-order valence-corrected chi connectivity index (χ1v) is 6.92. The van der Waals surface area contributed by atoms with Gasteiger partial charge in [0.2, 0.25) is 0 Å². The van der Waals surface area contributed by atoms with Crippen LogP contribution in [-0.4, -0.2) is 29.6 Å². The molecule has 0 radical (unpaired) electrons. The molecule has 1 aromatic heterocycles. The Morgan fingerprint density at radius 2 is 1.95 bits per heavy atom. The van der Waals surface area contributed by atoms with Crippen LogP contribution in [0.3, 0.4) is 0 Å². The summed E-state index contributed by atoms with van der Waals surface area (Å²) >= 11 is 0. The maximum absolute atomic E-state index is 12.3. The summed E-state index contributed by atoms with van der Waals surface area (Å²) in [5, 5.41) is 2.76. The zero-order chi connectivity index (χ0) is 15.3. The fourth-order valence-corrected chi connectivity index (χ4v) is 2.10. The number of amides is 1. The fraction of sp³-hybridized carbons (Fsp3) is 0.600. The molecule has 1 atom stereocenters. The number of hydrogen-bond donors (Lipinski definition) is 1. The summed E-state index contributed by atoms with van der Waals surface area (Å²) in [7, 11) is 1.33. The summed E-state index contributed by atoms with van der Waals surface area (Å²) in [5.41, 5.74) is 0.553. The van der Waals surface area contributed by atoms with E-state index in [1.807, 2.05) is 44.5 Å². The van der Waals surface area contributed by atoms with Gasteiger partial charge in [-0.3, -0.25) is 4.79 Å². The average molecular weight is 280 g/mol. The van der Waals surface area contributed by atoms with Gasteiger partial charge in [-0.05, 0) is 38.3 Å². The van der Waals surface area contributed by atoms with Crippen molar-refractivity contribution < 1.29 is 14.3 Å². The Hall–Kier alpha value is -1.78. The largest absolute Gasteiger partial charge is 0.467 e. The molecule has 5 nitrogen and oxygen atoms in total. The van der Waals surface area contributed by atoms with Gasteiger partial charge in [0.15, 0.2) is 0 Å². The molecule has 0 saturated carbocycles. The van der Waals surface area contributed by atoms with E-state index in [-0.39, 0.29) is 17.9 Å². The topological polar surface area (TPSA) is 60.3 Å². The highest BCUT2D eigenvalue weighted by molar-refractivity contribution is 5.95. The van der Waals surface area contributed by atoms with Crippen LogP contribution in [0.5, 0.6) is 0 Å². The molecule has 0 saturated heterocycles. The van der Waals surface area contributed by atoms with Gasteiger partial charge in [0.05, 0.1) is 7.11 Å². The SMILES string of the molecule is COC(=O)C(CC(C)C)NC(=O)c1cccn1C(C)C. The molecule has 0 fully saturated rings. The van der Waals surface area contributed by atoms with E-state index in [2.05, 4.69) is 5.32 Å². The quantitative estimate of drug-likeness (QED) is 0.814. The van der Waals surface area contributed by atoms with Crippen molar-refractivity contribution in [3.63, 3.8) is 0 Å². The number of nitrogens with zero attached hydrogens (tertiary/aromatic N) is 1. The third-order valence-electron chi connectivity index (χ3n) is 3.07. The van der Waals surface area contributed by atoms with E-state index in [4.69, 9.17) is 4.74 Å². The summed E-state index contributed by atoms with van der Waals surface area (Å²) in [4.78, 5) is 24.0. The van der Waals surface area contributed by atoms with Gasteiger partial charge in [0, 0.05) is 12.2 Å². The lowest BCUT2D eigenvalue weighted by molar-refractivity contribution is -0.143. The lowest BCUT2D eigenvalue weighted by Crippen LogP contribution is -2.43. The molecule has 5 heteroatoms. The van der Waals surface area contributed by atoms with Crippen LogP contribution in [0.25, 0.3) is 0 Å². The third kappa shape index (κ3) is 4.11. The van der Waals surface area contributed by atoms with Crippen LogP contribution in [-0.2, 0) is 9.53 Å². The lowest BCUT2D eigenvalue weighted by Gasteiger charge is -2.19. The number of ether oxygens (including phenoxy) is 1. The summed E-state index contributed by atoms with van der Waals surface area (Å²) < 4.78 is 6.62. The molecule has 0 spiro atoms. The van der Waals surface area contributed by atoms with Crippen molar-refractivity contribution in [2.45, 2.75) is 46.2 Å². The van der Waals surface area contributed by atoms with Crippen molar-refractivity contribution in [3.05, 3.63) is 24.0 Å². The first kappa shape index (κ1) is 16.3. The van der Waals surface area contributed by atoms with Crippen molar-refractivity contribution >= 4 is 11.9 Å². The molecule has 1 amide bonds. The monoisotopic (exact) mass is 280 g/mol. The van der Waals surface area contributed by atoms with E-state index in [9.17, 15) is 9.59 Å². The Balaban J connectivity index is 2.85. The van der Waals surface area contributed by atoms with E-state index in [0.717, 1.165) is 0 Å². The second kappa shape index (κ2) is 7.12. The highest BCUT2D eigenvalue weighted by atomic mass is 16.5. The van der Waals surface area contributed by atoms with Crippen LogP contribution in [0, 0.1) is 5.92 Å². The molecule has 0 aliphatic heterocycles. The predicted molar refractivity (Wildman–Crippen MR) is 77.5 cm³/mol. The minimum absolute atomic E-state index is 0.187. The average Bonchev–Trinajstić information content (AvgIpc) is 2.85. The van der Waals surface area contributed by atoms with Crippen LogP contribution < -0.4 is 5.32 Å². The van der Waals surface area contributed by atoms with E-state index in [1.165, 1.54) is 7.11 Å². The molecule has 1 rings (SSSR count).